The van der Waals surface area contributed by atoms with Gasteiger partial charge in [0.05, 0.1) is 17.5 Å². The van der Waals surface area contributed by atoms with E-state index in [-0.39, 0.29) is 33.7 Å². The van der Waals surface area contributed by atoms with E-state index < -0.39 is 16.2 Å². The van der Waals surface area contributed by atoms with Crippen molar-refractivity contribution in [3.8, 4) is 5.75 Å². The van der Waals surface area contributed by atoms with E-state index in [4.69, 9.17) is 5.41 Å². The molecule has 2 heterocycles. The van der Waals surface area contributed by atoms with Gasteiger partial charge in [-0.3, -0.25) is 5.41 Å². The molecule has 0 amide bonds. The largest absolute Gasteiger partial charge is 0.573 e. The Bertz CT molecular complexity index is 703. The number of nitrogens with one attached hydrogen (secondary N) is 1. The second kappa shape index (κ2) is 5.05. The molecule has 1 N–H and O–H groups in total. The first kappa shape index (κ1) is 15.5. The zero-order chi connectivity index (χ0) is 16.1. The van der Waals surface area contributed by atoms with Crippen LogP contribution in [0, 0.1) is 5.41 Å². The maximum atomic E-state index is 12.1. The normalized spacial score (nSPS) is 27.0. The zero-order valence-corrected chi connectivity index (χ0v) is 12.6. The Morgan fingerprint density at radius 1 is 1.23 bits per heavy atom. The van der Waals surface area contributed by atoms with Gasteiger partial charge in [-0.25, -0.2) is 8.42 Å². The Morgan fingerprint density at radius 2 is 1.86 bits per heavy atom. The molecule has 2 aliphatic rings. The summed E-state index contributed by atoms with van der Waals surface area (Å²) in [7, 11) is -3.13. The molecule has 1 aromatic carbocycles. The average molecular weight is 352 g/mol. The summed E-state index contributed by atoms with van der Waals surface area (Å²) in [6.45, 7) is 0. The topological polar surface area (TPSA) is 70.5 Å². The van der Waals surface area contributed by atoms with Crippen LogP contribution in [0.25, 0.3) is 0 Å². The van der Waals surface area contributed by atoms with Gasteiger partial charge in [-0.05, 0) is 24.3 Å². The Balaban J connectivity index is 1.83. The number of nitrogens with zero attached hydrogens (tertiary/aromatic N) is 1. The molecule has 0 bridgehead atoms. The zero-order valence-electron chi connectivity index (χ0n) is 11.0. The predicted octanol–water partition coefficient (Wildman–Crippen LogP) is 2.24. The number of sulfone groups is 1. The molecule has 2 atom stereocenters. The highest BCUT2D eigenvalue weighted by Gasteiger charge is 2.48. The molecule has 0 radical (unpaired) electrons. The molecule has 1 aromatic rings. The average Bonchev–Trinajstić information content (AvgIpc) is 2.79. The van der Waals surface area contributed by atoms with Crippen LogP contribution >= 0.6 is 11.8 Å². The number of hydrogen-bond donors (Lipinski definition) is 1. The molecule has 0 aliphatic carbocycles. The van der Waals surface area contributed by atoms with E-state index in [0.29, 0.717) is 5.69 Å². The summed E-state index contributed by atoms with van der Waals surface area (Å²) in [5.41, 5.74) is 0.483. The Labute approximate surface area is 128 Å². The van der Waals surface area contributed by atoms with Gasteiger partial charge >= 0.3 is 6.36 Å². The third-order valence-corrected chi connectivity index (χ3v) is 6.56. The summed E-state index contributed by atoms with van der Waals surface area (Å²) in [5.74, 6) is -0.380. The van der Waals surface area contributed by atoms with Crippen LogP contribution in [0.5, 0.6) is 5.75 Å². The number of amidine groups is 1. The highest BCUT2D eigenvalue weighted by atomic mass is 32.2. The SMILES string of the molecule is N=C1S[C@@H]2CS(=O)(=O)C[C@@H]2N1c1ccc(OC(F)(F)F)cc1. The van der Waals surface area contributed by atoms with Crippen LogP contribution in [0.3, 0.4) is 0 Å². The summed E-state index contributed by atoms with van der Waals surface area (Å²) in [4.78, 5) is 1.55. The number of ether oxygens (including phenoxy) is 1. The summed E-state index contributed by atoms with van der Waals surface area (Å²) < 4.78 is 63.5. The third-order valence-electron chi connectivity index (χ3n) is 3.43. The first-order valence-electron chi connectivity index (χ1n) is 6.25. The monoisotopic (exact) mass is 352 g/mol. The Kier molecular flexibility index (Phi) is 3.55. The van der Waals surface area contributed by atoms with Crippen molar-refractivity contribution >= 4 is 32.5 Å². The Morgan fingerprint density at radius 3 is 2.45 bits per heavy atom. The van der Waals surface area contributed by atoms with E-state index >= 15 is 0 Å². The number of alkyl halides is 3. The Hall–Kier alpha value is -1.42. The van der Waals surface area contributed by atoms with Crippen molar-refractivity contribution < 1.29 is 26.3 Å². The summed E-state index contributed by atoms with van der Waals surface area (Å²) >= 11 is 1.17. The number of halogens is 3. The van der Waals surface area contributed by atoms with Crippen molar-refractivity contribution in [1.29, 1.82) is 5.41 Å². The minimum Gasteiger partial charge on any atom is -0.406 e. The van der Waals surface area contributed by atoms with Crippen LogP contribution in [-0.4, -0.2) is 42.7 Å². The van der Waals surface area contributed by atoms with Gasteiger partial charge in [-0.15, -0.1) is 13.2 Å². The lowest BCUT2D eigenvalue weighted by Crippen LogP contribution is -2.37. The molecule has 2 aliphatic heterocycles. The predicted molar refractivity (Wildman–Crippen MR) is 77.2 cm³/mol. The fourth-order valence-corrected chi connectivity index (χ4v) is 6.41. The number of benzene rings is 1. The van der Waals surface area contributed by atoms with E-state index in [2.05, 4.69) is 4.74 Å². The van der Waals surface area contributed by atoms with Gasteiger partial charge in [-0.2, -0.15) is 0 Å². The van der Waals surface area contributed by atoms with Gasteiger partial charge < -0.3 is 9.64 Å². The standard InChI is InChI=1S/C12H11F3N2O3S2/c13-12(14,15)20-8-3-1-7(2-4-8)17-9-5-22(18,19)6-10(9)21-11(17)16/h1-4,9-10,16H,5-6H2/t9-,10+/m0/s1. The van der Waals surface area contributed by atoms with Crippen LogP contribution in [-0.2, 0) is 9.84 Å². The van der Waals surface area contributed by atoms with E-state index in [9.17, 15) is 21.6 Å². The molecular weight excluding hydrogens is 341 g/mol. The second-order valence-electron chi connectivity index (χ2n) is 5.02. The van der Waals surface area contributed by atoms with Crippen LogP contribution in [0.1, 0.15) is 0 Å². The quantitative estimate of drug-likeness (QED) is 0.884. The minimum absolute atomic E-state index is 0.0243. The summed E-state index contributed by atoms with van der Waals surface area (Å²) in [5, 5.41) is 7.95. The van der Waals surface area contributed by atoms with Crippen molar-refractivity contribution in [3.05, 3.63) is 24.3 Å². The van der Waals surface area contributed by atoms with Gasteiger partial charge in [-0.1, -0.05) is 11.8 Å². The lowest BCUT2D eigenvalue weighted by atomic mass is 10.2. The number of rotatable bonds is 2. The first-order valence-corrected chi connectivity index (χ1v) is 8.95. The molecule has 5 nitrogen and oxygen atoms in total. The van der Waals surface area contributed by atoms with Crippen LogP contribution < -0.4 is 9.64 Å². The van der Waals surface area contributed by atoms with E-state index in [1.807, 2.05) is 0 Å². The fourth-order valence-electron chi connectivity index (χ4n) is 2.62. The van der Waals surface area contributed by atoms with E-state index in [1.54, 1.807) is 4.90 Å². The van der Waals surface area contributed by atoms with Crippen LogP contribution in [0.4, 0.5) is 18.9 Å². The molecule has 22 heavy (non-hydrogen) atoms. The van der Waals surface area contributed by atoms with Gasteiger partial charge in [0.1, 0.15) is 5.75 Å². The summed E-state index contributed by atoms with van der Waals surface area (Å²) in [6, 6.07) is 4.74. The third kappa shape index (κ3) is 3.02. The van der Waals surface area contributed by atoms with E-state index in [1.165, 1.54) is 23.9 Å². The smallest absolute Gasteiger partial charge is 0.406 e. The maximum absolute atomic E-state index is 12.1. The number of anilines is 1. The van der Waals surface area contributed by atoms with Crippen molar-refractivity contribution in [3.63, 3.8) is 0 Å². The van der Waals surface area contributed by atoms with Crippen molar-refractivity contribution in [2.75, 3.05) is 16.4 Å². The second-order valence-corrected chi connectivity index (χ2v) is 8.40. The molecular formula is C12H11F3N2O3S2. The lowest BCUT2D eigenvalue weighted by molar-refractivity contribution is -0.274. The molecule has 2 saturated heterocycles. The van der Waals surface area contributed by atoms with E-state index in [0.717, 1.165) is 12.1 Å². The van der Waals surface area contributed by atoms with Gasteiger partial charge in [0, 0.05) is 10.9 Å². The van der Waals surface area contributed by atoms with Crippen LogP contribution in [0.2, 0.25) is 0 Å². The molecule has 0 aromatic heterocycles. The maximum Gasteiger partial charge on any atom is 0.573 e. The highest BCUT2D eigenvalue weighted by molar-refractivity contribution is 8.15. The van der Waals surface area contributed by atoms with Crippen molar-refractivity contribution in [2.45, 2.75) is 17.7 Å². The van der Waals surface area contributed by atoms with Crippen molar-refractivity contribution in [1.82, 2.24) is 0 Å². The minimum atomic E-state index is -4.76. The molecule has 0 saturated carbocycles. The number of thioether (sulfide) groups is 1. The molecule has 3 rings (SSSR count). The first-order chi connectivity index (χ1) is 10.1. The van der Waals surface area contributed by atoms with Gasteiger partial charge in [0.2, 0.25) is 0 Å². The summed E-state index contributed by atoms with van der Waals surface area (Å²) in [6.07, 6.45) is -4.76. The molecule has 0 spiro atoms. The lowest BCUT2D eigenvalue weighted by Gasteiger charge is -2.24. The molecule has 10 heteroatoms. The number of hydrogen-bond acceptors (Lipinski definition) is 5. The van der Waals surface area contributed by atoms with Gasteiger partial charge in [0.15, 0.2) is 15.0 Å². The van der Waals surface area contributed by atoms with Crippen LogP contribution in [0.15, 0.2) is 24.3 Å². The van der Waals surface area contributed by atoms with Gasteiger partial charge in [0.25, 0.3) is 0 Å². The number of fused-ring (bicyclic) bond motifs is 1. The van der Waals surface area contributed by atoms with Crippen molar-refractivity contribution in [2.24, 2.45) is 0 Å². The molecule has 0 unspecified atom stereocenters. The molecule has 120 valence electrons. The fraction of sp³-hybridized carbons (Fsp3) is 0.417. The molecule has 2 fully saturated rings. The highest BCUT2D eigenvalue weighted by Crippen LogP contribution is 2.40.